The van der Waals surface area contributed by atoms with E-state index < -0.39 is 17.4 Å². The lowest BCUT2D eigenvalue weighted by Crippen LogP contribution is -2.41. The highest BCUT2D eigenvalue weighted by Crippen LogP contribution is 2.38. The molecular weight excluding hydrogens is 471 g/mol. The Hall–Kier alpha value is -4.11. The van der Waals surface area contributed by atoms with Crippen molar-refractivity contribution >= 4 is 23.5 Å². The zero-order valence-electron chi connectivity index (χ0n) is 18.6. The van der Waals surface area contributed by atoms with E-state index in [-0.39, 0.29) is 22.7 Å². The summed E-state index contributed by atoms with van der Waals surface area (Å²) in [6.07, 6.45) is 1.53. The normalized spacial score (nSPS) is 15.2. The average molecular weight is 491 g/mol. The third kappa shape index (κ3) is 4.26. The van der Waals surface area contributed by atoms with Crippen molar-refractivity contribution in [2.24, 2.45) is 0 Å². The number of nitrogens with one attached hydrogen (secondary N) is 1. The van der Waals surface area contributed by atoms with Gasteiger partial charge in [-0.15, -0.1) is 0 Å². The molecule has 2 aromatic carbocycles. The number of carbonyl (C=O) groups excluding carboxylic acids is 1. The van der Waals surface area contributed by atoms with E-state index in [0.717, 1.165) is 5.56 Å². The molecule has 3 N–H and O–H groups in total. The Kier molecular flexibility index (Phi) is 5.78. The largest absolute Gasteiger partial charge is 0.368 e. The fraction of sp³-hybridized carbons (Fsp3) is 0.160. The molecule has 2 aromatic heterocycles. The standard InChI is InChI=1S/C25H20ClFN6O2/c1-13-21-19(31-25(28)30-13)10-20(33(24(21)35)12-14-5-3-2-4-6-14)16-8-7-15(27)9-17(16)22-29-11-18(26)23(34)32-22/h2-9,11,20H,10,12H2,1H3,(H2,28,30,31)(H,29,32,34). The number of carbonyl (C=O) groups is 1. The summed E-state index contributed by atoms with van der Waals surface area (Å²) >= 11 is 5.85. The Morgan fingerprint density at radius 3 is 2.69 bits per heavy atom. The van der Waals surface area contributed by atoms with Gasteiger partial charge in [0.15, 0.2) is 0 Å². The van der Waals surface area contributed by atoms with E-state index in [9.17, 15) is 14.0 Å². The van der Waals surface area contributed by atoms with Crippen LogP contribution in [0, 0.1) is 12.7 Å². The number of nitrogens with zero attached hydrogens (tertiary/aromatic N) is 4. The number of benzene rings is 2. The quantitative estimate of drug-likeness (QED) is 0.448. The number of hydrogen-bond acceptors (Lipinski definition) is 6. The monoisotopic (exact) mass is 490 g/mol. The second-order valence-electron chi connectivity index (χ2n) is 8.27. The van der Waals surface area contributed by atoms with Crippen LogP contribution in [-0.4, -0.2) is 30.7 Å². The van der Waals surface area contributed by atoms with Crippen LogP contribution in [0.5, 0.6) is 0 Å². The number of amides is 1. The predicted molar refractivity (Wildman–Crippen MR) is 129 cm³/mol. The fourth-order valence-electron chi connectivity index (χ4n) is 4.44. The first kappa shape index (κ1) is 22.7. The van der Waals surface area contributed by atoms with Crippen LogP contribution >= 0.6 is 11.6 Å². The number of rotatable bonds is 4. The second-order valence-corrected chi connectivity index (χ2v) is 8.68. The van der Waals surface area contributed by atoms with Gasteiger partial charge < -0.3 is 15.6 Å². The Morgan fingerprint density at radius 2 is 1.94 bits per heavy atom. The molecule has 5 rings (SSSR count). The third-order valence-electron chi connectivity index (χ3n) is 6.00. The first-order chi connectivity index (χ1) is 16.8. The van der Waals surface area contributed by atoms with Crippen molar-refractivity contribution in [1.82, 2.24) is 24.8 Å². The van der Waals surface area contributed by atoms with E-state index >= 15 is 0 Å². The maximum atomic E-state index is 14.4. The van der Waals surface area contributed by atoms with Crippen molar-refractivity contribution in [2.45, 2.75) is 25.9 Å². The second kappa shape index (κ2) is 8.92. The molecule has 0 bridgehead atoms. The first-order valence-electron chi connectivity index (χ1n) is 10.8. The molecule has 35 heavy (non-hydrogen) atoms. The van der Waals surface area contributed by atoms with Gasteiger partial charge in [0.05, 0.1) is 29.2 Å². The molecule has 1 aliphatic rings. The lowest BCUT2D eigenvalue weighted by molar-refractivity contribution is 0.0624. The van der Waals surface area contributed by atoms with E-state index in [1.807, 2.05) is 30.3 Å². The Balaban J connectivity index is 1.69. The molecule has 0 saturated carbocycles. The van der Waals surface area contributed by atoms with Gasteiger partial charge in [0.2, 0.25) is 5.95 Å². The average Bonchev–Trinajstić information content (AvgIpc) is 2.83. The number of aromatic nitrogens is 4. The number of halogens is 2. The lowest BCUT2D eigenvalue weighted by Gasteiger charge is -2.37. The summed E-state index contributed by atoms with van der Waals surface area (Å²) in [5, 5.41) is -0.0816. The highest BCUT2D eigenvalue weighted by Gasteiger charge is 2.37. The van der Waals surface area contributed by atoms with Crippen molar-refractivity contribution in [2.75, 3.05) is 5.73 Å². The minimum absolute atomic E-state index is 0.0762. The highest BCUT2D eigenvalue weighted by molar-refractivity contribution is 6.30. The number of nitrogen functional groups attached to an aromatic ring is 1. The van der Waals surface area contributed by atoms with Crippen molar-refractivity contribution < 1.29 is 9.18 Å². The minimum Gasteiger partial charge on any atom is -0.368 e. The van der Waals surface area contributed by atoms with Gasteiger partial charge in [-0.25, -0.2) is 19.3 Å². The number of fused-ring (bicyclic) bond motifs is 1. The molecule has 4 aromatic rings. The zero-order valence-corrected chi connectivity index (χ0v) is 19.4. The van der Waals surface area contributed by atoms with Crippen molar-refractivity contribution in [3.63, 3.8) is 0 Å². The van der Waals surface area contributed by atoms with Gasteiger partial charge >= 0.3 is 0 Å². The molecular formula is C25H20ClFN6O2. The Morgan fingerprint density at radius 1 is 1.17 bits per heavy atom. The maximum Gasteiger partial charge on any atom is 0.269 e. The molecule has 8 nitrogen and oxygen atoms in total. The molecule has 1 aliphatic heterocycles. The molecule has 0 fully saturated rings. The number of nitrogens with two attached hydrogens (primary N) is 1. The smallest absolute Gasteiger partial charge is 0.269 e. The van der Waals surface area contributed by atoms with Gasteiger partial charge in [-0.1, -0.05) is 48.0 Å². The molecule has 3 heterocycles. The summed E-state index contributed by atoms with van der Waals surface area (Å²) in [6.45, 7) is 2.02. The summed E-state index contributed by atoms with van der Waals surface area (Å²) in [5.41, 5.74) is 8.62. The predicted octanol–water partition coefficient (Wildman–Crippen LogP) is 3.85. The van der Waals surface area contributed by atoms with Crippen LogP contribution in [0.1, 0.15) is 38.9 Å². The number of hydrogen-bond donors (Lipinski definition) is 2. The summed E-state index contributed by atoms with van der Waals surface area (Å²) in [4.78, 5) is 43.0. The van der Waals surface area contributed by atoms with Crippen molar-refractivity contribution in [3.05, 3.63) is 104 Å². The minimum atomic E-state index is -0.547. The van der Waals surface area contributed by atoms with Gasteiger partial charge in [0.1, 0.15) is 16.7 Å². The molecule has 176 valence electrons. The maximum absolute atomic E-state index is 14.4. The Labute approximate surface area is 204 Å². The van der Waals surface area contributed by atoms with Crippen LogP contribution in [0.25, 0.3) is 11.4 Å². The van der Waals surface area contributed by atoms with Crippen LogP contribution in [0.15, 0.2) is 59.5 Å². The third-order valence-corrected chi connectivity index (χ3v) is 6.27. The van der Waals surface area contributed by atoms with E-state index in [1.54, 1.807) is 17.9 Å². The van der Waals surface area contributed by atoms with Crippen molar-refractivity contribution in [1.29, 1.82) is 0 Å². The number of aryl methyl sites for hydroxylation is 1. The molecule has 10 heteroatoms. The van der Waals surface area contributed by atoms with Crippen LogP contribution in [0.2, 0.25) is 5.02 Å². The van der Waals surface area contributed by atoms with Gasteiger partial charge in [-0.3, -0.25) is 9.59 Å². The topological polar surface area (TPSA) is 118 Å². The van der Waals surface area contributed by atoms with Gasteiger partial charge in [-0.05, 0) is 30.2 Å². The first-order valence-corrected chi connectivity index (χ1v) is 11.2. The van der Waals surface area contributed by atoms with E-state index in [4.69, 9.17) is 17.3 Å². The van der Waals surface area contributed by atoms with Crippen LogP contribution in [0.4, 0.5) is 10.3 Å². The molecule has 1 atom stereocenters. The lowest BCUT2D eigenvalue weighted by atomic mass is 9.88. The number of H-pyrrole nitrogens is 1. The van der Waals surface area contributed by atoms with E-state index in [2.05, 4.69) is 19.9 Å². The fourth-order valence-corrected chi connectivity index (χ4v) is 4.54. The van der Waals surface area contributed by atoms with Crippen LogP contribution in [-0.2, 0) is 13.0 Å². The van der Waals surface area contributed by atoms with Gasteiger partial charge in [0.25, 0.3) is 11.5 Å². The summed E-state index contributed by atoms with van der Waals surface area (Å²) in [5.74, 6) is -0.552. The molecule has 1 amide bonds. The van der Waals surface area contributed by atoms with Gasteiger partial charge in [-0.2, -0.15) is 0 Å². The van der Waals surface area contributed by atoms with Crippen LogP contribution < -0.4 is 11.3 Å². The number of anilines is 1. The molecule has 1 unspecified atom stereocenters. The molecule has 0 spiro atoms. The summed E-state index contributed by atoms with van der Waals surface area (Å²) < 4.78 is 14.4. The van der Waals surface area contributed by atoms with E-state index in [0.29, 0.717) is 41.0 Å². The molecule has 0 radical (unpaired) electrons. The summed E-state index contributed by atoms with van der Waals surface area (Å²) in [7, 11) is 0. The van der Waals surface area contributed by atoms with E-state index in [1.165, 1.54) is 18.3 Å². The molecule has 0 aliphatic carbocycles. The van der Waals surface area contributed by atoms with Crippen LogP contribution in [0.3, 0.4) is 0 Å². The zero-order chi connectivity index (χ0) is 24.7. The van der Waals surface area contributed by atoms with Gasteiger partial charge in [0, 0.05) is 18.5 Å². The SMILES string of the molecule is Cc1nc(N)nc2c1C(=O)N(Cc1ccccc1)C(c1ccc(F)cc1-c1ncc(Cl)c(=O)[nH]1)C2. The Bertz CT molecular complexity index is 1510. The molecule has 0 saturated heterocycles. The highest BCUT2D eigenvalue weighted by atomic mass is 35.5. The number of aromatic amines is 1. The van der Waals surface area contributed by atoms with Crippen molar-refractivity contribution in [3.8, 4) is 11.4 Å². The summed E-state index contributed by atoms with van der Waals surface area (Å²) in [6, 6.07) is 13.2.